The molecule has 10 nitrogen and oxygen atoms in total. The number of allylic oxidation sites excluding steroid dienone is 20. The standard InChI is InChI=1S/C42H63O10P/c1-3-5-7-9-11-13-15-17-18-19-20-22-23-25-27-29-31-33-41(45)49-37-40(38-51-53(47,48)50-36-39(44)35-43)52-42(46)34-32-30-28-26-24-21-16-14-12-10-8-6-4-2/h5-24,39-40,43-44H,3-4,25-38H2,1-2H3,(H,47,48)/b7-5+,8-6+,11-9+,12-10+,15-13+,16-14+,18-17+,20-19+,23-22+,24-21+/t39-,40?/m0/s1. The van der Waals surface area contributed by atoms with Crippen molar-refractivity contribution in [3.05, 3.63) is 122 Å². The molecule has 0 spiro atoms. The van der Waals surface area contributed by atoms with Gasteiger partial charge in [-0.05, 0) is 51.4 Å². The normalized spacial score (nSPS) is 15.3. The lowest BCUT2D eigenvalue weighted by atomic mass is 10.1. The first-order valence-electron chi connectivity index (χ1n) is 18.6. The van der Waals surface area contributed by atoms with E-state index >= 15 is 0 Å². The van der Waals surface area contributed by atoms with E-state index in [1.165, 1.54) is 0 Å². The fourth-order valence-corrected chi connectivity index (χ4v) is 4.82. The van der Waals surface area contributed by atoms with E-state index in [0.29, 0.717) is 12.8 Å². The number of aliphatic hydroxyl groups excluding tert-OH is 2. The van der Waals surface area contributed by atoms with E-state index in [9.17, 15) is 24.2 Å². The Balaban J connectivity index is 4.58. The molecule has 0 amide bonds. The summed E-state index contributed by atoms with van der Waals surface area (Å²) in [6.45, 7) is 1.93. The highest BCUT2D eigenvalue weighted by Crippen LogP contribution is 2.43. The molecule has 0 heterocycles. The molecule has 0 saturated carbocycles. The minimum atomic E-state index is -4.64. The van der Waals surface area contributed by atoms with E-state index in [1.54, 1.807) is 0 Å². The van der Waals surface area contributed by atoms with E-state index < -0.39 is 51.8 Å². The SMILES string of the molecule is CC/C=C/C=C/C=C/C=C/C=C/C=C/CCCCCC(=O)OCC(COP(=O)(O)OC[C@@H](O)CO)OC(=O)CCCCC/C=C/C=C/C=C/C=C/CC. The van der Waals surface area contributed by atoms with E-state index in [2.05, 4.69) is 42.7 Å². The van der Waals surface area contributed by atoms with Crippen molar-refractivity contribution >= 4 is 19.8 Å². The third-order valence-electron chi connectivity index (χ3n) is 6.87. The number of rotatable bonds is 32. The molecule has 0 bridgehead atoms. The van der Waals surface area contributed by atoms with Gasteiger partial charge in [0.15, 0.2) is 6.10 Å². The topological polar surface area (TPSA) is 149 Å². The summed E-state index contributed by atoms with van der Waals surface area (Å²) in [6, 6.07) is 0. The average Bonchev–Trinajstić information content (AvgIpc) is 3.14. The van der Waals surface area contributed by atoms with Gasteiger partial charge in [0.25, 0.3) is 0 Å². The number of hydrogen-bond acceptors (Lipinski definition) is 9. The van der Waals surface area contributed by atoms with Gasteiger partial charge in [-0.1, -0.05) is 148 Å². The number of carbonyl (C=O) groups is 2. The van der Waals surface area contributed by atoms with Gasteiger partial charge in [0.05, 0.1) is 19.8 Å². The highest BCUT2D eigenvalue weighted by atomic mass is 31.2. The van der Waals surface area contributed by atoms with Crippen LogP contribution < -0.4 is 0 Å². The molecule has 11 heteroatoms. The number of esters is 2. The molecule has 3 atom stereocenters. The molecular formula is C42H63O10P. The van der Waals surface area contributed by atoms with Gasteiger partial charge >= 0.3 is 19.8 Å². The van der Waals surface area contributed by atoms with Gasteiger partial charge < -0.3 is 24.6 Å². The maximum atomic E-state index is 12.5. The van der Waals surface area contributed by atoms with Crippen molar-refractivity contribution in [3.8, 4) is 0 Å². The summed E-state index contributed by atoms with van der Waals surface area (Å²) in [5, 5.41) is 18.3. The minimum absolute atomic E-state index is 0.119. The molecule has 0 rings (SSSR count). The van der Waals surface area contributed by atoms with Gasteiger partial charge in [-0.3, -0.25) is 18.6 Å². The Morgan fingerprint density at radius 2 is 0.981 bits per heavy atom. The lowest BCUT2D eigenvalue weighted by Crippen LogP contribution is -2.29. The second-order valence-electron chi connectivity index (χ2n) is 11.7. The molecule has 0 saturated heterocycles. The second kappa shape index (κ2) is 36.7. The third-order valence-corrected chi connectivity index (χ3v) is 7.82. The highest BCUT2D eigenvalue weighted by Gasteiger charge is 2.27. The highest BCUT2D eigenvalue weighted by molar-refractivity contribution is 7.47. The fraction of sp³-hybridized carbons (Fsp3) is 0.476. The van der Waals surface area contributed by atoms with Crippen LogP contribution >= 0.6 is 7.82 Å². The largest absolute Gasteiger partial charge is 0.472 e. The first kappa shape index (κ1) is 49.4. The van der Waals surface area contributed by atoms with Crippen molar-refractivity contribution in [2.45, 2.75) is 103 Å². The predicted octanol–water partition coefficient (Wildman–Crippen LogP) is 9.21. The Morgan fingerprint density at radius 3 is 1.43 bits per heavy atom. The van der Waals surface area contributed by atoms with Gasteiger partial charge in [-0.25, -0.2) is 4.57 Å². The zero-order chi connectivity index (χ0) is 39.1. The number of unbranched alkanes of at least 4 members (excludes halogenated alkanes) is 6. The van der Waals surface area contributed by atoms with Crippen LogP contribution in [-0.4, -0.2) is 65.7 Å². The monoisotopic (exact) mass is 758 g/mol. The van der Waals surface area contributed by atoms with Gasteiger partial charge in [-0.15, -0.1) is 0 Å². The molecule has 0 aliphatic rings. The van der Waals surface area contributed by atoms with Crippen LogP contribution in [-0.2, 0) is 32.7 Å². The molecule has 0 aromatic carbocycles. The predicted molar refractivity (Wildman–Crippen MR) is 214 cm³/mol. The molecular weight excluding hydrogens is 695 g/mol. The number of aliphatic hydroxyl groups is 2. The van der Waals surface area contributed by atoms with Gasteiger partial charge in [0, 0.05) is 12.8 Å². The molecule has 3 N–H and O–H groups in total. The lowest BCUT2D eigenvalue weighted by molar-refractivity contribution is -0.161. The van der Waals surface area contributed by atoms with Gasteiger partial charge in [0.1, 0.15) is 12.7 Å². The molecule has 0 aliphatic heterocycles. The fourth-order valence-electron chi connectivity index (χ4n) is 4.03. The quantitative estimate of drug-likeness (QED) is 0.0262. The van der Waals surface area contributed by atoms with Crippen molar-refractivity contribution in [2.24, 2.45) is 0 Å². The van der Waals surface area contributed by atoms with Crippen LogP contribution in [0.1, 0.15) is 90.9 Å². The molecule has 0 aliphatic carbocycles. The molecule has 296 valence electrons. The Bertz CT molecular complexity index is 1290. The molecule has 0 fully saturated rings. The zero-order valence-electron chi connectivity index (χ0n) is 31.7. The number of hydrogen-bond donors (Lipinski definition) is 3. The first-order chi connectivity index (χ1) is 25.7. The second-order valence-corrected chi connectivity index (χ2v) is 13.2. The molecule has 53 heavy (non-hydrogen) atoms. The summed E-state index contributed by atoms with van der Waals surface area (Å²) < 4.78 is 32.5. The first-order valence-corrected chi connectivity index (χ1v) is 20.1. The zero-order valence-corrected chi connectivity index (χ0v) is 32.6. The summed E-state index contributed by atoms with van der Waals surface area (Å²) in [4.78, 5) is 34.8. The summed E-state index contributed by atoms with van der Waals surface area (Å²) in [6.07, 6.45) is 46.0. The summed E-state index contributed by atoms with van der Waals surface area (Å²) >= 11 is 0. The smallest absolute Gasteiger partial charge is 0.462 e. The Hall–Kier alpha value is -3.63. The van der Waals surface area contributed by atoms with E-state index in [1.807, 2.05) is 97.2 Å². The maximum absolute atomic E-state index is 12.5. The van der Waals surface area contributed by atoms with Crippen molar-refractivity contribution in [3.63, 3.8) is 0 Å². The number of phosphoric ester groups is 1. The molecule has 2 unspecified atom stereocenters. The van der Waals surface area contributed by atoms with Crippen molar-refractivity contribution in [1.82, 2.24) is 0 Å². The Kier molecular flexibility index (Phi) is 34.2. The van der Waals surface area contributed by atoms with Crippen molar-refractivity contribution in [2.75, 3.05) is 26.4 Å². The van der Waals surface area contributed by atoms with E-state index in [4.69, 9.17) is 19.1 Å². The number of carbonyl (C=O) groups excluding carboxylic acids is 2. The van der Waals surface area contributed by atoms with E-state index in [-0.39, 0.29) is 19.4 Å². The van der Waals surface area contributed by atoms with Crippen LogP contribution in [0.4, 0.5) is 0 Å². The van der Waals surface area contributed by atoms with Gasteiger partial charge in [0.2, 0.25) is 0 Å². The third kappa shape index (κ3) is 36.5. The average molecular weight is 759 g/mol. The van der Waals surface area contributed by atoms with E-state index in [0.717, 1.165) is 51.4 Å². The Labute approximate surface area is 318 Å². The van der Waals surface area contributed by atoms with Crippen LogP contribution in [0.5, 0.6) is 0 Å². The maximum Gasteiger partial charge on any atom is 0.472 e. The summed E-state index contributed by atoms with van der Waals surface area (Å²) in [5.74, 6) is -1.04. The summed E-state index contributed by atoms with van der Waals surface area (Å²) in [7, 11) is -4.64. The van der Waals surface area contributed by atoms with Gasteiger partial charge in [-0.2, -0.15) is 0 Å². The van der Waals surface area contributed by atoms with Crippen LogP contribution in [0.3, 0.4) is 0 Å². The molecule has 0 aromatic rings. The summed E-state index contributed by atoms with van der Waals surface area (Å²) in [5.41, 5.74) is 0. The van der Waals surface area contributed by atoms with Crippen LogP contribution in [0.15, 0.2) is 122 Å². The number of phosphoric acid groups is 1. The molecule has 0 aromatic heterocycles. The minimum Gasteiger partial charge on any atom is -0.462 e. The lowest BCUT2D eigenvalue weighted by Gasteiger charge is -2.20. The van der Waals surface area contributed by atoms with Crippen molar-refractivity contribution < 1.29 is 47.8 Å². The number of ether oxygens (including phenoxy) is 2. The van der Waals surface area contributed by atoms with Crippen LogP contribution in [0, 0.1) is 0 Å². The van der Waals surface area contributed by atoms with Crippen LogP contribution in [0.2, 0.25) is 0 Å². The van der Waals surface area contributed by atoms with Crippen molar-refractivity contribution in [1.29, 1.82) is 0 Å². The van der Waals surface area contributed by atoms with Crippen LogP contribution in [0.25, 0.3) is 0 Å². The Morgan fingerprint density at radius 1 is 0.566 bits per heavy atom. The molecule has 0 radical (unpaired) electrons.